The van der Waals surface area contributed by atoms with Crippen molar-refractivity contribution in [2.45, 2.75) is 62.3 Å². The molecule has 0 aliphatic rings. The normalized spacial score (nSPS) is 11.3. The molecule has 0 aliphatic carbocycles. The minimum absolute atomic E-state index is 0. The quantitative estimate of drug-likeness (QED) is 0.469. The Morgan fingerprint density at radius 3 is 1.09 bits per heavy atom. The summed E-state index contributed by atoms with van der Waals surface area (Å²) >= 11 is 0. The van der Waals surface area contributed by atoms with Crippen molar-refractivity contribution in [1.29, 1.82) is 0 Å². The van der Waals surface area contributed by atoms with E-state index in [4.69, 9.17) is 15.0 Å². The summed E-state index contributed by atoms with van der Waals surface area (Å²) in [6.07, 6.45) is 0. The van der Waals surface area contributed by atoms with Crippen molar-refractivity contribution in [2.75, 3.05) is 0 Å². The van der Waals surface area contributed by atoms with Crippen molar-refractivity contribution >= 4 is 22.8 Å². The van der Waals surface area contributed by atoms with Crippen LogP contribution in [0.5, 0.6) is 0 Å². The standard InChI is InChI=1S/C28H33N3.2ClH.V/c1-16-10-19(4)27(20(5)11-16)29-23(8)25-14-18(3)15-26(31-25)24(9)30-28-21(6)12-17(2)13-22(28)7;;;/h10-15H,1-9H3;2*1H;/q;;;+2/p-2. The van der Waals surface area contributed by atoms with Crippen LogP contribution in [0.25, 0.3) is 0 Å². The molecule has 1 radical (unpaired) electrons. The van der Waals surface area contributed by atoms with Gasteiger partial charge in [0.2, 0.25) is 0 Å². The third-order valence-electron chi connectivity index (χ3n) is 5.54. The van der Waals surface area contributed by atoms with Gasteiger partial charge in [-0.25, -0.2) is 4.98 Å². The number of hydrogen-bond acceptors (Lipinski definition) is 3. The molecule has 3 rings (SSSR count). The summed E-state index contributed by atoms with van der Waals surface area (Å²) in [5.41, 5.74) is 14.1. The fourth-order valence-corrected chi connectivity index (χ4v) is 4.19. The topological polar surface area (TPSA) is 37.6 Å². The van der Waals surface area contributed by atoms with E-state index in [1.165, 1.54) is 33.4 Å². The molecule has 0 spiro atoms. The molecule has 3 aromatic rings. The predicted molar refractivity (Wildman–Crippen MR) is 134 cm³/mol. The van der Waals surface area contributed by atoms with Gasteiger partial charge < -0.3 is 24.8 Å². The first-order chi connectivity index (χ1) is 14.5. The van der Waals surface area contributed by atoms with Gasteiger partial charge in [-0.3, -0.25) is 9.98 Å². The number of benzene rings is 2. The fraction of sp³-hybridized carbons (Fsp3) is 0.321. The molecule has 0 fully saturated rings. The van der Waals surface area contributed by atoms with Crippen LogP contribution in [0.4, 0.5) is 11.4 Å². The van der Waals surface area contributed by atoms with Gasteiger partial charge in [0.25, 0.3) is 0 Å². The van der Waals surface area contributed by atoms with Crippen molar-refractivity contribution in [2.24, 2.45) is 9.98 Å². The van der Waals surface area contributed by atoms with E-state index < -0.39 is 0 Å². The summed E-state index contributed by atoms with van der Waals surface area (Å²) in [5, 5.41) is 0. The summed E-state index contributed by atoms with van der Waals surface area (Å²) in [7, 11) is 0. The Bertz CT molecular complexity index is 1090. The zero-order chi connectivity index (χ0) is 22.9. The Hall–Kier alpha value is -1.91. The van der Waals surface area contributed by atoms with Gasteiger partial charge in [-0.1, -0.05) is 35.4 Å². The summed E-state index contributed by atoms with van der Waals surface area (Å²) in [6.45, 7) is 18.9. The minimum atomic E-state index is 0. The molecule has 179 valence electrons. The van der Waals surface area contributed by atoms with E-state index in [2.05, 4.69) is 84.9 Å². The molecule has 1 heterocycles. The Morgan fingerprint density at radius 1 is 0.529 bits per heavy atom. The number of aryl methyl sites for hydroxylation is 7. The molecule has 1 aromatic heterocycles. The van der Waals surface area contributed by atoms with Crippen LogP contribution in [0.2, 0.25) is 0 Å². The van der Waals surface area contributed by atoms with Gasteiger partial charge in [0.05, 0.1) is 34.2 Å². The van der Waals surface area contributed by atoms with Crippen molar-refractivity contribution in [3.8, 4) is 0 Å². The van der Waals surface area contributed by atoms with Crippen molar-refractivity contribution in [1.82, 2.24) is 4.98 Å². The molecule has 3 nitrogen and oxygen atoms in total. The first kappa shape index (κ1) is 32.1. The van der Waals surface area contributed by atoms with E-state index in [0.717, 1.165) is 39.7 Å². The van der Waals surface area contributed by atoms with E-state index in [-0.39, 0.29) is 43.4 Å². The predicted octanol–water partition coefficient (Wildman–Crippen LogP) is 1.53. The second-order valence-corrected chi connectivity index (χ2v) is 8.80. The van der Waals surface area contributed by atoms with Gasteiger partial charge in [-0.05, 0) is 102 Å². The average molecular weight is 533 g/mol. The minimum Gasteiger partial charge on any atom is -1.00 e. The third kappa shape index (κ3) is 7.55. The molecule has 0 amide bonds. The summed E-state index contributed by atoms with van der Waals surface area (Å²) < 4.78 is 0. The summed E-state index contributed by atoms with van der Waals surface area (Å²) in [4.78, 5) is 14.8. The molecule has 34 heavy (non-hydrogen) atoms. The van der Waals surface area contributed by atoms with Crippen LogP contribution < -0.4 is 24.8 Å². The molecule has 0 aliphatic heterocycles. The zero-order valence-corrected chi connectivity index (χ0v) is 24.4. The van der Waals surface area contributed by atoms with Crippen LogP contribution >= 0.6 is 0 Å². The first-order valence-electron chi connectivity index (χ1n) is 10.8. The van der Waals surface area contributed by atoms with E-state index in [1.54, 1.807) is 0 Å². The average Bonchev–Trinajstić information content (AvgIpc) is 2.66. The Labute approximate surface area is 229 Å². The number of nitrogens with zero attached hydrogens (tertiary/aromatic N) is 3. The molecule has 6 heteroatoms. The molecular weight excluding hydrogens is 500 g/mol. The molecule has 0 saturated heterocycles. The van der Waals surface area contributed by atoms with Crippen LogP contribution in [-0.4, -0.2) is 16.4 Å². The summed E-state index contributed by atoms with van der Waals surface area (Å²) in [5.74, 6) is 0. The molecule has 0 N–H and O–H groups in total. The molecule has 2 aromatic carbocycles. The first-order valence-corrected chi connectivity index (χ1v) is 10.8. The van der Waals surface area contributed by atoms with Gasteiger partial charge >= 0.3 is 18.6 Å². The van der Waals surface area contributed by atoms with Crippen LogP contribution in [-0.2, 0) is 18.6 Å². The monoisotopic (exact) mass is 532 g/mol. The van der Waals surface area contributed by atoms with Crippen molar-refractivity contribution in [3.05, 3.63) is 86.7 Å². The zero-order valence-electron chi connectivity index (χ0n) is 21.5. The van der Waals surface area contributed by atoms with E-state index >= 15 is 0 Å². The molecule has 0 unspecified atom stereocenters. The van der Waals surface area contributed by atoms with Gasteiger partial charge in [0, 0.05) is 0 Å². The smallest absolute Gasteiger partial charge is 1.00 e. The Morgan fingerprint density at radius 2 is 0.794 bits per heavy atom. The molecule has 0 saturated carbocycles. The van der Waals surface area contributed by atoms with Gasteiger partial charge in [-0.2, -0.15) is 0 Å². The van der Waals surface area contributed by atoms with Gasteiger partial charge in [-0.15, -0.1) is 0 Å². The largest absolute Gasteiger partial charge is 2.00 e. The van der Waals surface area contributed by atoms with Crippen LogP contribution in [0.1, 0.15) is 64.2 Å². The molecular formula is C28H33Cl2N3V. The number of aliphatic imine (C=N–C) groups is 2. The maximum Gasteiger partial charge on any atom is 2.00 e. The maximum absolute atomic E-state index is 4.95. The maximum atomic E-state index is 4.95. The Balaban J connectivity index is 0.00000363. The molecule has 0 bridgehead atoms. The third-order valence-corrected chi connectivity index (χ3v) is 5.54. The van der Waals surface area contributed by atoms with E-state index in [0.29, 0.717) is 0 Å². The van der Waals surface area contributed by atoms with Crippen molar-refractivity contribution in [3.63, 3.8) is 0 Å². The van der Waals surface area contributed by atoms with Gasteiger partial charge in [0.1, 0.15) is 0 Å². The number of pyridine rings is 1. The fourth-order valence-electron chi connectivity index (χ4n) is 4.19. The second-order valence-electron chi connectivity index (χ2n) is 8.80. The Kier molecular flexibility index (Phi) is 12.5. The van der Waals surface area contributed by atoms with Crippen LogP contribution in [0.15, 0.2) is 46.4 Å². The SMILES string of the molecule is CC(=Nc1c(C)cc(C)cc1C)c1cc(C)cc(C(C)=Nc2c(C)cc(C)cc2C)n1.[Cl-].[Cl-].[V+2]. The van der Waals surface area contributed by atoms with Gasteiger partial charge in [0.15, 0.2) is 0 Å². The van der Waals surface area contributed by atoms with E-state index in [1.807, 2.05) is 13.8 Å². The van der Waals surface area contributed by atoms with Crippen LogP contribution in [0.3, 0.4) is 0 Å². The number of hydrogen-bond donors (Lipinski definition) is 0. The second kappa shape index (κ2) is 13.3. The molecule has 0 atom stereocenters. The number of halogens is 2. The van der Waals surface area contributed by atoms with Crippen LogP contribution in [0, 0.1) is 48.5 Å². The van der Waals surface area contributed by atoms with Crippen molar-refractivity contribution < 1.29 is 43.4 Å². The summed E-state index contributed by atoms with van der Waals surface area (Å²) in [6, 6.07) is 12.9. The van der Waals surface area contributed by atoms with E-state index in [9.17, 15) is 0 Å². The number of aromatic nitrogens is 1. The number of rotatable bonds is 4.